The van der Waals surface area contributed by atoms with Crippen molar-refractivity contribution >= 4 is 17.8 Å². The molecule has 0 spiro atoms. The number of hydrogen-bond donors (Lipinski definition) is 2. The van der Waals surface area contributed by atoms with E-state index in [1.54, 1.807) is 11.0 Å². The van der Waals surface area contributed by atoms with Crippen molar-refractivity contribution in [1.29, 1.82) is 0 Å². The molecule has 156 valence electrons. The lowest BCUT2D eigenvalue weighted by Gasteiger charge is -2.15. The van der Waals surface area contributed by atoms with E-state index in [0.29, 0.717) is 37.4 Å². The predicted molar refractivity (Wildman–Crippen MR) is 109 cm³/mol. The molecular weight excluding hydrogens is 387 g/mol. The van der Waals surface area contributed by atoms with Gasteiger partial charge in [0.2, 0.25) is 12.0 Å². The minimum absolute atomic E-state index is 0.209. The number of anilines is 1. The van der Waals surface area contributed by atoms with Crippen molar-refractivity contribution in [2.75, 3.05) is 25.1 Å². The molecule has 0 unspecified atom stereocenters. The molecule has 1 aromatic heterocycles. The summed E-state index contributed by atoms with van der Waals surface area (Å²) in [6.07, 6.45) is 7.16. The van der Waals surface area contributed by atoms with Crippen LogP contribution in [0.5, 0.6) is 5.75 Å². The zero-order chi connectivity index (χ0) is 20.5. The van der Waals surface area contributed by atoms with Crippen molar-refractivity contribution in [2.45, 2.75) is 32.5 Å². The van der Waals surface area contributed by atoms with Gasteiger partial charge >= 0.3 is 0 Å². The minimum Gasteiger partial charge on any atom is -0.493 e. The van der Waals surface area contributed by atoms with Crippen LogP contribution in [0.25, 0.3) is 5.57 Å². The Hall–Kier alpha value is -3.20. The maximum absolute atomic E-state index is 14.4. The number of carbonyl (C=O) groups is 1. The van der Waals surface area contributed by atoms with Crippen molar-refractivity contribution in [3.63, 3.8) is 0 Å². The lowest BCUT2D eigenvalue weighted by atomic mass is 10.0. The van der Waals surface area contributed by atoms with Crippen LogP contribution in [-0.2, 0) is 24.4 Å². The summed E-state index contributed by atoms with van der Waals surface area (Å²) in [6.45, 7) is 2.72. The molecule has 4 heterocycles. The predicted octanol–water partition coefficient (Wildman–Crippen LogP) is 1.58. The summed E-state index contributed by atoms with van der Waals surface area (Å²) in [5.74, 6) is 1.37. The van der Waals surface area contributed by atoms with Gasteiger partial charge in [-0.2, -0.15) is 0 Å². The first kappa shape index (κ1) is 18.8. The van der Waals surface area contributed by atoms with Crippen LogP contribution in [0.1, 0.15) is 29.5 Å². The van der Waals surface area contributed by atoms with Crippen LogP contribution in [0.3, 0.4) is 0 Å². The van der Waals surface area contributed by atoms with Crippen molar-refractivity contribution in [3.05, 3.63) is 52.5 Å². The topological polar surface area (TPSA) is 83.8 Å². The van der Waals surface area contributed by atoms with Crippen LogP contribution < -0.4 is 21.2 Å². The highest BCUT2D eigenvalue weighted by Gasteiger charge is 2.21. The van der Waals surface area contributed by atoms with Gasteiger partial charge in [-0.3, -0.25) is 9.36 Å². The standard InChI is InChI=1S/C21H23FN6O2/c22-18-3-4-19-15(6-9-30-19)17(18)11-24-21-23-10-16(20-26-25-12-28(20)21)14-2-1-7-27(13-29)8-5-14/h2-4,10,13,25-26H,1,5-9,11-12H2. The van der Waals surface area contributed by atoms with Crippen LogP contribution in [0.2, 0.25) is 0 Å². The van der Waals surface area contributed by atoms with Crippen LogP contribution in [-0.4, -0.2) is 40.6 Å². The first-order valence-electron chi connectivity index (χ1n) is 10.2. The normalized spacial score (nSPS) is 18.2. The third-order valence-corrected chi connectivity index (χ3v) is 5.81. The van der Waals surface area contributed by atoms with Crippen LogP contribution in [0.4, 0.5) is 10.2 Å². The Labute approximate surface area is 173 Å². The molecule has 0 bridgehead atoms. The highest BCUT2D eigenvalue weighted by Crippen LogP contribution is 2.31. The maximum Gasteiger partial charge on any atom is 0.227 e. The average Bonchev–Trinajstić information content (AvgIpc) is 3.38. The van der Waals surface area contributed by atoms with Gasteiger partial charge in [0.05, 0.1) is 19.8 Å². The molecule has 9 heteroatoms. The molecule has 2 N–H and O–H groups in total. The molecule has 0 saturated carbocycles. The van der Waals surface area contributed by atoms with Gasteiger partial charge in [-0.25, -0.2) is 19.8 Å². The van der Waals surface area contributed by atoms with Gasteiger partial charge in [-0.15, -0.1) is 0 Å². The van der Waals surface area contributed by atoms with E-state index in [1.807, 2.05) is 10.8 Å². The second kappa shape index (κ2) is 7.91. The Morgan fingerprint density at radius 1 is 1.30 bits per heavy atom. The van der Waals surface area contributed by atoms with E-state index in [0.717, 1.165) is 54.1 Å². The number of hydrogen-bond acceptors (Lipinski definition) is 6. The molecule has 5 rings (SSSR count). The first-order valence-corrected chi connectivity index (χ1v) is 10.2. The highest BCUT2D eigenvalue weighted by molar-refractivity contribution is 5.74. The van der Waals surface area contributed by atoms with E-state index >= 15 is 0 Å². The molecule has 3 aliphatic heterocycles. The Morgan fingerprint density at radius 2 is 2.23 bits per heavy atom. The van der Waals surface area contributed by atoms with Crippen LogP contribution in [0.15, 0.2) is 29.4 Å². The monoisotopic (exact) mass is 410 g/mol. The fraction of sp³-hybridized carbons (Fsp3) is 0.381. The number of hydrazine groups is 1. The lowest BCUT2D eigenvalue weighted by molar-refractivity contribution is -0.118. The van der Waals surface area contributed by atoms with Gasteiger partial charge in [-0.1, -0.05) is 6.08 Å². The molecular formula is C21H23FN6O2. The number of ether oxygens (including phenoxy) is 1. The summed E-state index contributed by atoms with van der Waals surface area (Å²) in [5, 5.41) is 0. The second-order valence-electron chi connectivity index (χ2n) is 7.54. The number of fused-ring (bicyclic) bond motifs is 2. The van der Waals surface area contributed by atoms with Gasteiger partial charge in [0.25, 0.3) is 0 Å². The minimum atomic E-state index is -0.263. The molecule has 2 aromatic rings. The summed E-state index contributed by atoms with van der Waals surface area (Å²) >= 11 is 0. The SMILES string of the molecule is O=CN1CCC=C(c2cnc(=NCc3c(F)ccc4c3CCO4)n3c2NNC3)CC1. The summed E-state index contributed by atoms with van der Waals surface area (Å²) in [7, 11) is 0. The highest BCUT2D eigenvalue weighted by atomic mass is 19.1. The maximum atomic E-state index is 14.4. The molecule has 30 heavy (non-hydrogen) atoms. The molecule has 1 aromatic carbocycles. The third-order valence-electron chi connectivity index (χ3n) is 5.81. The van der Waals surface area contributed by atoms with Crippen molar-refractivity contribution < 1.29 is 13.9 Å². The van der Waals surface area contributed by atoms with Gasteiger partial charge < -0.3 is 15.1 Å². The number of aromatic nitrogens is 2. The second-order valence-corrected chi connectivity index (χ2v) is 7.54. The van der Waals surface area contributed by atoms with Crippen molar-refractivity contribution in [1.82, 2.24) is 19.9 Å². The van der Waals surface area contributed by atoms with Crippen molar-refractivity contribution in [2.24, 2.45) is 4.99 Å². The average molecular weight is 410 g/mol. The number of rotatable bonds is 4. The van der Waals surface area contributed by atoms with Gasteiger partial charge in [-0.05, 0) is 30.5 Å². The Kier molecular flexibility index (Phi) is 4.96. The van der Waals surface area contributed by atoms with Gasteiger partial charge in [0.1, 0.15) is 17.4 Å². The molecule has 0 fully saturated rings. The van der Waals surface area contributed by atoms with Gasteiger partial charge in [0, 0.05) is 42.4 Å². The number of nitrogens with zero attached hydrogens (tertiary/aromatic N) is 4. The number of nitrogens with one attached hydrogen (secondary N) is 2. The lowest BCUT2D eigenvalue weighted by Crippen LogP contribution is -2.25. The van der Waals surface area contributed by atoms with Crippen LogP contribution >= 0.6 is 0 Å². The fourth-order valence-electron chi connectivity index (χ4n) is 4.22. The Bertz CT molecular complexity index is 1090. The zero-order valence-electron chi connectivity index (χ0n) is 16.5. The number of benzene rings is 1. The van der Waals surface area contributed by atoms with E-state index < -0.39 is 0 Å². The van der Waals surface area contributed by atoms with Crippen LogP contribution in [0, 0.1) is 5.82 Å². The zero-order valence-corrected chi connectivity index (χ0v) is 16.5. The summed E-state index contributed by atoms with van der Waals surface area (Å²) < 4.78 is 21.9. The quantitative estimate of drug-likeness (QED) is 0.748. The van der Waals surface area contributed by atoms with E-state index in [2.05, 4.69) is 26.9 Å². The van der Waals surface area contributed by atoms with E-state index in [9.17, 15) is 9.18 Å². The number of amides is 1. The Balaban J connectivity index is 1.47. The van der Waals surface area contributed by atoms with E-state index in [1.165, 1.54) is 6.07 Å². The first-order chi connectivity index (χ1) is 14.7. The van der Waals surface area contributed by atoms with Crippen molar-refractivity contribution in [3.8, 4) is 5.75 Å². The summed E-state index contributed by atoms with van der Waals surface area (Å²) in [5.41, 5.74) is 10.5. The molecule has 0 aliphatic carbocycles. The Morgan fingerprint density at radius 3 is 3.13 bits per heavy atom. The van der Waals surface area contributed by atoms with E-state index in [-0.39, 0.29) is 12.4 Å². The third kappa shape index (κ3) is 3.35. The largest absolute Gasteiger partial charge is 0.493 e. The fourth-order valence-corrected chi connectivity index (χ4v) is 4.22. The number of halogens is 1. The van der Waals surface area contributed by atoms with E-state index in [4.69, 9.17) is 4.74 Å². The molecule has 0 saturated heterocycles. The molecule has 0 atom stereocenters. The van der Waals surface area contributed by atoms with Gasteiger partial charge in [0.15, 0.2) is 0 Å². The molecule has 3 aliphatic rings. The molecule has 0 radical (unpaired) electrons. The molecule has 8 nitrogen and oxygen atoms in total. The summed E-state index contributed by atoms with van der Waals surface area (Å²) in [6, 6.07) is 3.12. The molecule has 1 amide bonds. The number of carbonyl (C=O) groups excluding carboxylic acids is 1. The summed E-state index contributed by atoms with van der Waals surface area (Å²) in [4.78, 5) is 22.1. The smallest absolute Gasteiger partial charge is 0.227 e.